The van der Waals surface area contributed by atoms with E-state index in [1.807, 2.05) is 0 Å². The van der Waals surface area contributed by atoms with E-state index < -0.39 is 11.6 Å². The van der Waals surface area contributed by atoms with Crippen LogP contribution in [0.15, 0.2) is 30.3 Å². The van der Waals surface area contributed by atoms with Gasteiger partial charge in [0.05, 0.1) is 0 Å². The summed E-state index contributed by atoms with van der Waals surface area (Å²) in [7, 11) is 0. The van der Waals surface area contributed by atoms with Crippen LogP contribution in [0.25, 0.3) is 0 Å². The number of benzene rings is 1. The number of aliphatic hydroxyl groups is 1. The first-order valence-corrected chi connectivity index (χ1v) is 4.80. The van der Waals surface area contributed by atoms with Crippen LogP contribution in [0.2, 0.25) is 0 Å². The zero-order valence-electron chi connectivity index (χ0n) is 6.77. The Balaban J connectivity index is 3.11. The number of carbonyl (C=O) groups is 1. The van der Waals surface area contributed by atoms with Crippen molar-refractivity contribution in [2.75, 3.05) is 5.33 Å². The van der Waals surface area contributed by atoms with Crippen LogP contribution in [-0.4, -0.2) is 21.5 Å². The van der Waals surface area contributed by atoms with E-state index in [4.69, 9.17) is 5.11 Å². The maximum absolute atomic E-state index is 10.8. The smallest absolute Gasteiger partial charge is 0.341 e. The number of hydrogen-bond acceptors (Lipinski definition) is 2. The lowest BCUT2D eigenvalue weighted by Gasteiger charge is -2.20. The van der Waals surface area contributed by atoms with E-state index in [-0.39, 0.29) is 5.33 Å². The number of rotatable bonds is 3. The summed E-state index contributed by atoms with van der Waals surface area (Å²) >= 11 is 2.98. The molecule has 0 aromatic heterocycles. The Bertz CT molecular complexity index is 299. The van der Waals surface area contributed by atoms with Crippen molar-refractivity contribution in [1.29, 1.82) is 0 Å². The Morgan fingerprint density at radius 1 is 1.38 bits per heavy atom. The van der Waals surface area contributed by atoms with Crippen molar-refractivity contribution >= 4 is 21.9 Å². The van der Waals surface area contributed by atoms with Crippen LogP contribution in [0.1, 0.15) is 5.56 Å². The standard InChI is InChI=1S/C9H9BrO3/c10-6-9(13,8(11)12)7-4-2-1-3-5-7/h1-5,13H,6H2,(H,11,12). The summed E-state index contributed by atoms with van der Waals surface area (Å²) in [6, 6.07) is 8.29. The minimum absolute atomic E-state index is 0.0284. The van der Waals surface area contributed by atoms with Gasteiger partial charge in [-0.3, -0.25) is 0 Å². The van der Waals surface area contributed by atoms with Crippen LogP contribution in [0.3, 0.4) is 0 Å². The topological polar surface area (TPSA) is 57.5 Å². The highest BCUT2D eigenvalue weighted by Crippen LogP contribution is 2.23. The largest absolute Gasteiger partial charge is 0.479 e. The molecule has 0 aliphatic rings. The number of halogens is 1. The Morgan fingerprint density at radius 3 is 2.31 bits per heavy atom. The van der Waals surface area contributed by atoms with E-state index in [1.165, 1.54) is 0 Å². The zero-order chi connectivity index (χ0) is 9.90. The lowest BCUT2D eigenvalue weighted by atomic mass is 9.96. The Labute approximate surface area is 84.1 Å². The fourth-order valence-electron chi connectivity index (χ4n) is 0.972. The third-order valence-corrected chi connectivity index (χ3v) is 2.61. The van der Waals surface area contributed by atoms with Gasteiger partial charge in [0.2, 0.25) is 0 Å². The van der Waals surface area contributed by atoms with Crippen molar-refractivity contribution in [3.8, 4) is 0 Å². The first kappa shape index (κ1) is 10.2. The number of carboxylic acid groups (broad SMARTS) is 1. The molecule has 4 heteroatoms. The minimum Gasteiger partial charge on any atom is -0.479 e. The van der Waals surface area contributed by atoms with Gasteiger partial charge in [0.25, 0.3) is 0 Å². The SMILES string of the molecule is O=C(O)C(O)(CBr)c1ccccc1. The van der Waals surface area contributed by atoms with E-state index in [2.05, 4.69) is 15.9 Å². The maximum atomic E-state index is 10.8. The molecule has 0 heterocycles. The lowest BCUT2D eigenvalue weighted by molar-refractivity contribution is -0.156. The number of alkyl halides is 1. The van der Waals surface area contributed by atoms with E-state index in [9.17, 15) is 9.90 Å². The molecule has 0 spiro atoms. The van der Waals surface area contributed by atoms with Gasteiger partial charge < -0.3 is 10.2 Å². The minimum atomic E-state index is -1.83. The summed E-state index contributed by atoms with van der Waals surface area (Å²) in [6.45, 7) is 0. The van der Waals surface area contributed by atoms with Crippen LogP contribution in [0.4, 0.5) is 0 Å². The van der Waals surface area contributed by atoms with Crippen LogP contribution in [0, 0.1) is 0 Å². The van der Waals surface area contributed by atoms with E-state index >= 15 is 0 Å². The molecule has 0 saturated carbocycles. The van der Waals surface area contributed by atoms with Crippen LogP contribution >= 0.6 is 15.9 Å². The second-order valence-electron chi connectivity index (χ2n) is 2.67. The highest BCUT2D eigenvalue weighted by atomic mass is 79.9. The molecule has 2 N–H and O–H groups in total. The molecule has 0 aliphatic carbocycles. The molecular formula is C9H9BrO3. The second-order valence-corrected chi connectivity index (χ2v) is 3.23. The zero-order valence-corrected chi connectivity index (χ0v) is 8.36. The lowest BCUT2D eigenvalue weighted by Crippen LogP contribution is -2.37. The van der Waals surface area contributed by atoms with Crippen molar-refractivity contribution in [2.45, 2.75) is 5.60 Å². The van der Waals surface area contributed by atoms with Gasteiger partial charge in [0.15, 0.2) is 5.60 Å². The molecule has 0 bridgehead atoms. The molecule has 1 rings (SSSR count). The van der Waals surface area contributed by atoms with Gasteiger partial charge >= 0.3 is 5.97 Å². The van der Waals surface area contributed by atoms with Gasteiger partial charge in [-0.05, 0) is 5.56 Å². The third kappa shape index (κ3) is 1.89. The molecule has 0 fully saturated rings. The van der Waals surface area contributed by atoms with Gasteiger partial charge in [0, 0.05) is 5.33 Å². The van der Waals surface area contributed by atoms with Crippen molar-refractivity contribution < 1.29 is 15.0 Å². The van der Waals surface area contributed by atoms with Crippen molar-refractivity contribution in [2.24, 2.45) is 0 Å². The molecule has 70 valence electrons. The molecule has 0 aliphatic heterocycles. The molecule has 0 radical (unpaired) electrons. The normalized spacial score (nSPS) is 14.9. The molecule has 13 heavy (non-hydrogen) atoms. The highest BCUT2D eigenvalue weighted by molar-refractivity contribution is 9.09. The average Bonchev–Trinajstić information content (AvgIpc) is 2.17. The summed E-state index contributed by atoms with van der Waals surface area (Å²) in [4.78, 5) is 10.8. The van der Waals surface area contributed by atoms with Crippen molar-refractivity contribution in [1.82, 2.24) is 0 Å². The molecule has 0 saturated heterocycles. The predicted molar refractivity (Wildman–Crippen MR) is 51.8 cm³/mol. The van der Waals surface area contributed by atoms with Gasteiger partial charge in [0.1, 0.15) is 0 Å². The molecule has 3 nitrogen and oxygen atoms in total. The summed E-state index contributed by atoms with van der Waals surface area (Å²) in [5, 5.41) is 18.5. The molecule has 1 atom stereocenters. The first-order valence-electron chi connectivity index (χ1n) is 3.68. The number of hydrogen-bond donors (Lipinski definition) is 2. The van der Waals surface area contributed by atoms with Gasteiger partial charge in [-0.2, -0.15) is 0 Å². The van der Waals surface area contributed by atoms with Crippen molar-refractivity contribution in [3.63, 3.8) is 0 Å². The molecule has 1 aromatic rings. The van der Waals surface area contributed by atoms with Crippen LogP contribution in [-0.2, 0) is 10.4 Å². The van der Waals surface area contributed by atoms with Gasteiger partial charge in [-0.15, -0.1) is 0 Å². The molecule has 1 aromatic carbocycles. The Morgan fingerprint density at radius 2 is 1.92 bits per heavy atom. The first-order chi connectivity index (χ1) is 6.11. The maximum Gasteiger partial charge on any atom is 0.341 e. The number of aliphatic carboxylic acids is 1. The predicted octanol–water partition coefficient (Wildman–Crippen LogP) is 1.35. The quantitative estimate of drug-likeness (QED) is 0.790. The monoisotopic (exact) mass is 244 g/mol. The van der Waals surface area contributed by atoms with E-state index in [0.717, 1.165) is 0 Å². The summed E-state index contributed by atoms with van der Waals surface area (Å²) in [6.07, 6.45) is 0. The summed E-state index contributed by atoms with van der Waals surface area (Å²) < 4.78 is 0. The van der Waals surface area contributed by atoms with E-state index in [1.54, 1.807) is 30.3 Å². The van der Waals surface area contributed by atoms with E-state index in [0.29, 0.717) is 5.56 Å². The Hall–Kier alpha value is -0.870. The molecule has 0 amide bonds. The number of carboxylic acids is 1. The Kier molecular flexibility index (Phi) is 3.06. The second kappa shape index (κ2) is 3.89. The summed E-state index contributed by atoms with van der Waals surface area (Å²) in [5.74, 6) is -1.25. The summed E-state index contributed by atoms with van der Waals surface area (Å²) in [5.41, 5.74) is -1.46. The van der Waals surface area contributed by atoms with Crippen LogP contribution in [0.5, 0.6) is 0 Å². The molecular weight excluding hydrogens is 236 g/mol. The fraction of sp³-hybridized carbons (Fsp3) is 0.222. The molecule has 1 unspecified atom stereocenters. The van der Waals surface area contributed by atoms with Gasteiger partial charge in [-0.1, -0.05) is 46.3 Å². The fourth-order valence-corrected chi connectivity index (χ4v) is 1.54. The van der Waals surface area contributed by atoms with Gasteiger partial charge in [-0.25, -0.2) is 4.79 Å². The third-order valence-electron chi connectivity index (χ3n) is 1.80. The highest BCUT2D eigenvalue weighted by Gasteiger charge is 2.36. The van der Waals surface area contributed by atoms with Crippen LogP contribution < -0.4 is 0 Å². The van der Waals surface area contributed by atoms with Crippen molar-refractivity contribution in [3.05, 3.63) is 35.9 Å². The average molecular weight is 245 g/mol.